The molecule has 480 valence electrons. The Morgan fingerprint density at radius 1 is 0.209 bits per heavy atom. The van der Waals surface area contributed by atoms with E-state index in [2.05, 4.69) is 21.3 Å². The molecule has 0 spiro atoms. The zero-order chi connectivity index (χ0) is 65.3. The lowest BCUT2D eigenvalue weighted by Crippen LogP contribution is -2.74. The Kier molecular flexibility index (Phi) is 24.7. The molecule has 4 amide bonds. The fourth-order valence-electron chi connectivity index (χ4n) is 13.5. The number of aliphatic carboxylic acids is 12. The molecule has 0 aromatic carbocycles. The van der Waals surface area contributed by atoms with Gasteiger partial charge in [0.15, 0.2) is 0 Å². The van der Waals surface area contributed by atoms with Gasteiger partial charge in [-0.05, 0) is 116 Å². The molecule has 4 rings (SSSR count). The molecule has 4 aliphatic carbocycles. The minimum Gasteiger partial charge on any atom is -0.481 e. The summed E-state index contributed by atoms with van der Waals surface area (Å²) < 4.78 is 0. The summed E-state index contributed by atoms with van der Waals surface area (Å²) in [6, 6.07) is 0. The van der Waals surface area contributed by atoms with E-state index in [1.807, 2.05) is 0 Å². The molecule has 4 aliphatic rings. The van der Waals surface area contributed by atoms with Crippen molar-refractivity contribution in [3.8, 4) is 0 Å². The predicted molar refractivity (Wildman–Crippen MR) is 283 cm³/mol. The highest BCUT2D eigenvalue weighted by Gasteiger charge is 2.76. The first-order valence-corrected chi connectivity index (χ1v) is 27.7. The maximum Gasteiger partial charge on any atom is 0.303 e. The van der Waals surface area contributed by atoms with E-state index in [1.165, 1.54) is 0 Å². The second kappa shape index (κ2) is 29.6. The molecule has 0 heterocycles. The first kappa shape index (κ1) is 71.8. The van der Waals surface area contributed by atoms with E-state index >= 15 is 19.2 Å². The lowest BCUT2D eigenvalue weighted by molar-refractivity contribution is -0.211. The average molecular weight is 1230 g/mol. The monoisotopic (exact) mass is 1230 g/mol. The highest BCUT2D eigenvalue weighted by atomic mass is 16.4. The summed E-state index contributed by atoms with van der Waals surface area (Å²) in [7, 11) is 0. The highest BCUT2D eigenvalue weighted by Crippen LogP contribution is 2.74. The molecule has 16 N–H and O–H groups in total. The molecular weight excluding hydrogens is 1150 g/mol. The molecule has 4 bridgehead atoms. The van der Waals surface area contributed by atoms with Crippen LogP contribution in [-0.2, 0) is 76.7 Å². The third kappa shape index (κ3) is 20.4. The van der Waals surface area contributed by atoms with Gasteiger partial charge >= 0.3 is 71.6 Å². The van der Waals surface area contributed by atoms with E-state index in [1.54, 1.807) is 0 Å². The quantitative estimate of drug-likeness (QED) is 0.0415. The third-order valence-corrected chi connectivity index (χ3v) is 17.3. The Morgan fingerprint density at radius 2 is 0.302 bits per heavy atom. The molecule has 0 radical (unpaired) electrons. The van der Waals surface area contributed by atoms with Gasteiger partial charge in [0.2, 0.25) is 23.6 Å². The van der Waals surface area contributed by atoms with Crippen molar-refractivity contribution in [1.82, 2.24) is 21.3 Å². The topological polar surface area (TPSA) is 564 Å². The zero-order valence-corrected chi connectivity index (χ0v) is 47.1. The molecule has 32 nitrogen and oxygen atoms in total. The molecule has 0 aromatic heterocycles. The Morgan fingerprint density at radius 3 is 0.384 bits per heavy atom. The standard InChI is InChI=1S/C54H76N4O28/c59-31(60)1-13-51(14-2-32(61)62,15-3-33(63)64)55-43(83)47-25-48(44(84)56-52(16-4-34(65)66,17-5-35(67)68)18-6-36(69)70)28-49(26-47,45(85)57-53(19-7-37(71)72,20-8-38(73)74)21-9-39(75)76)30-50(27-47,29-48)46(86)58-54(22-10-40(77)78,23-11-41(79)80)24-12-42(81)82/h1-30H2,(H,55,83)(H,56,84)(H,57,85)(H,58,86)(H,59,60)(H,61,62)(H,63,64)(H,65,66)(H,67,68)(H,69,70)(H,71,72)(H,73,74)(H,75,76)(H,77,78)(H,79,80)(H,81,82). The first-order chi connectivity index (χ1) is 39.8. The molecule has 4 saturated carbocycles. The number of carboxylic acid groups (broad SMARTS) is 12. The Hall–Kier alpha value is -8.48. The number of carboxylic acids is 12. The van der Waals surface area contributed by atoms with Crippen molar-refractivity contribution >= 4 is 95.3 Å². The summed E-state index contributed by atoms with van der Waals surface area (Å²) >= 11 is 0. The van der Waals surface area contributed by atoms with Crippen molar-refractivity contribution in [3.63, 3.8) is 0 Å². The second-order valence-corrected chi connectivity index (χ2v) is 23.8. The number of hydrogen-bond donors (Lipinski definition) is 16. The van der Waals surface area contributed by atoms with Crippen molar-refractivity contribution in [2.24, 2.45) is 21.7 Å². The van der Waals surface area contributed by atoms with Crippen LogP contribution in [0, 0.1) is 21.7 Å². The first-order valence-electron chi connectivity index (χ1n) is 27.7. The smallest absolute Gasteiger partial charge is 0.303 e. The van der Waals surface area contributed by atoms with Gasteiger partial charge in [0.1, 0.15) is 0 Å². The summed E-state index contributed by atoms with van der Waals surface area (Å²) in [4.78, 5) is 211. The van der Waals surface area contributed by atoms with Gasteiger partial charge < -0.3 is 82.5 Å². The van der Waals surface area contributed by atoms with Crippen LogP contribution in [0.3, 0.4) is 0 Å². The van der Waals surface area contributed by atoms with Crippen LogP contribution in [0.1, 0.15) is 193 Å². The molecule has 86 heavy (non-hydrogen) atoms. The highest BCUT2D eigenvalue weighted by molar-refractivity contribution is 5.97. The molecular formula is C54H76N4O28. The maximum absolute atomic E-state index is 16.1. The van der Waals surface area contributed by atoms with E-state index in [0.29, 0.717) is 0 Å². The second-order valence-electron chi connectivity index (χ2n) is 23.8. The van der Waals surface area contributed by atoms with Gasteiger partial charge in [-0.15, -0.1) is 0 Å². The fourth-order valence-corrected chi connectivity index (χ4v) is 13.5. The van der Waals surface area contributed by atoms with Crippen LogP contribution in [0.2, 0.25) is 0 Å². The van der Waals surface area contributed by atoms with Crippen LogP contribution in [0.15, 0.2) is 0 Å². The summed E-state index contributed by atoms with van der Waals surface area (Å²) in [6.45, 7) is 0. The Labute approximate surface area is 489 Å². The van der Waals surface area contributed by atoms with Crippen molar-refractivity contribution < 1.29 is 138 Å². The number of rotatable bonds is 44. The minimum atomic E-state index is -2.43. The number of carbonyl (C=O) groups excluding carboxylic acids is 4. The van der Waals surface area contributed by atoms with Crippen LogP contribution in [0.4, 0.5) is 0 Å². The van der Waals surface area contributed by atoms with Crippen LogP contribution < -0.4 is 21.3 Å². The maximum atomic E-state index is 16.1. The van der Waals surface area contributed by atoms with Crippen LogP contribution in [0.5, 0.6) is 0 Å². The summed E-state index contributed by atoms with van der Waals surface area (Å²) in [6.07, 6.45) is -23.1. The molecule has 4 fully saturated rings. The van der Waals surface area contributed by atoms with E-state index in [4.69, 9.17) is 0 Å². The molecule has 0 atom stereocenters. The zero-order valence-electron chi connectivity index (χ0n) is 47.1. The Bertz CT molecular complexity index is 2110. The minimum absolute atomic E-state index is 0.675. The molecule has 32 heteroatoms. The van der Waals surface area contributed by atoms with Crippen LogP contribution in [0.25, 0.3) is 0 Å². The number of carbonyl (C=O) groups is 16. The summed E-state index contributed by atoms with van der Waals surface area (Å²) in [5.41, 5.74) is -18.1. The number of amides is 4. The van der Waals surface area contributed by atoms with Crippen molar-refractivity contribution in [2.45, 2.75) is 215 Å². The van der Waals surface area contributed by atoms with Gasteiger partial charge in [0.25, 0.3) is 0 Å². The van der Waals surface area contributed by atoms with Gasteiger partial charge in [0.05, 0.1) is 21.7 Å². The van der Waals surface area contributed by atoms with Gasteiger partial charge in [-0.1, -0.05) is 0 Å². The SMILES string of the molecule is O=C(O)CCC(CCC(=O)O)(CCC(=O)O)NC(=O)C12CC3(C(=O)NC(CCC(=O)O)(CCC(=O)O)CCC(=O)O)CC(C(=O)NC(CCC(=O)O)(CCC(=O)O)CCC(=O)O)(C1)CC(C(=O)NC(CCC(=O)O)(CCC(=O)O)CCC(=O)O)(C2)C3. The number of nitrogens with one attached hydrogen (secondary N) is 4. The van der Waals surface area contributed by atoms with E-state index < -0.39 is 332 Å². The summed E-state index contributed by atoms with van der Waals surface area (Å²) in [5.74, 6) is -23.3. The summed E-state index contributed by atoms with van der Waals surface area (Å²) in [5, 5.41) is 129. The third-order valence-electron chi connectivity index (χ3n) is 17.3. The van der Waals surface area contributed by atoms with E-state index in [0.717, 1.165) is 0 Å². The average Bonchev–Trinajstić information content (AvgIpc) is 3.39. The lowest BCUT2D eigenvalue weighted by atomic mass is 9.34. The Balaban J connectivity index is 2.72. The normalized spacial score (nSPS) is 20.6. The van der Waals surface area contributed by atoms with Gasteiger partial charge in [-0.3, -0.25) is 76.7 Å². The molecule has 0 aliphatic heterocycles. The van der Waals surface area contributed by atoms with Gasteiger partial charge in [0, 0.05) is 99.2 Å². The molecule has 0 aromatic rings. The van der Waals surface area contributed by atoms with Crippen LogP contribution in [-0.4, -0.2) is 179 Å². The molecule has 0 saturated heterocycles. The van der Waals surface area contributed by atoms with Crippen LogP contribution >= 0.6 is 0 Å². The van der Waals surface area contributed by atoms with Gasteiger partial charge in [-0.25, -0.2) is 0 Å². The van der Waals surface area contributed by atoms with Crippen molar-refractivity contribution in [1.29, 1.82) is 0 Å². The van der Waals surface area contributed by atoms with E-state index in [9.17, 15) is 119 Å². The van der Waals surface area contributed by atoms with Crippen molar-refractivity contribution in [3.05, 3.63) is 0 Å². The number of hydrogen-bond acceptors (Lipinski definition) is 16. The molecule has 0 unspecified atom stereocenters. The van der Waals surface area contributed by atoms with Gasteiger partial charge in [-0.2, -0.15) is 0 Å². The fraction of sp³-hybridized carbons (Fsp3) is 0.704. The predicted octanol–water partition coefficient (Wildman–Crippen LogP) is 2.11. The van der Waals surface area contributed by atoms with E-state index in [-0.39, 0.29) is 0 Å². The lowest BCUT2D eigenvalue weighted by Gasteiger charge is -2.68. The largest absolute Gasteiger partial charge is 0.481 e. The van der Waals surface area contributed by atoms with Crippen molar-refractivity contribution in [2.75, 3.05) is 0 Å².